The summed E-state index contributed by atoms with van der Waals surface area (Å²) in [5, 5.41) is 10.5. The lowest BCUT2D eigenvalue weighted by molar-refractivity contribution is -0.113. The van der Waals surface area contributed by atoms with Crippen molar-refractivity contribution >= 4 is 29.3 Å². The molecule has 1 aliphatic carbocycles. The second kappa shape index (κ2) is 8.15. The first-order valence-electron chi connectivity index (χ1n) is 8.34. The van der Waals surface area contributed by atoms with Gasteiger partial charge in [-0.25, -0.2) is 4.98 Å². The molecule has 1 heterocycles. The van der Waals surface area contributed by atoms with Gasteiger partial charge in [-0.1, -0.05) is 37.4 Å². The maximum atomic E-state index is 12.0. The number of nitrogens with two attached hydrogens (primary N) is 1. The number of carbonyl (C=O) groups is 2. The fraction of sp³-hybridized carbons (Fsp3) is 0.412. The Morgan fingerprint density at radius 1 is 1.24 bits per heavy atom. The van der Waals surface area contributed by atoms with Crippen LogP contribution in [0.3, 0.4) is 0 Å². The van der Waals surface area contributed by atoms with Crippen molar-refractivity contribution in [2.24, 2.45) is 11.7 Å². The minimum atomic E-state index is -0.494. The molecule has 7 nitrogen and oxygen atoms in total. The fourth-order valence-electron chi connectivity index (χ4n) is 2.97. The Labute approximate surface area is 150 Å². The predicted octanol–water partition coefficient (Wildman–Crippen LogP) is 2.37. The Morgan fingerprint density at radius 3 is 2.64 bits per heavy atom. The number of aromatic nitrogens is 3. The van der Waals surface area contributed by atoms with Gasteiger partial charge in [-0.15, -0.1) is 5.10 Å². The van der Waals surface area contributed by atoms with Gasteiger partial charge in [0.25, 0.3) is 0 Å². The standard InChI is InChI=1S/C17H21N5O2S/c18-16(24)12-5-7-13(8-6-12)19-15(23)10-25-17-20-14(21-22-17)9-11-3-1-2-4-11/h5-8,11H,1-4,9-10H2,(H2,18,24)(H,19,23)(H,20,21,22). The summed E-state index contributed by atoms with van der Waals surface area (Å²) < 4.78 is 0. The molecule has 1 aromatic carbocycles. The molecule has 25 heavy (non-hydrogen) atoms. The molecule has 3 rings (SSSR count). The number of H-pyrrole nitrogens is 1. The molecule has 132 valence electrons. The highest BCUT2D eigenvalue weighted by molar-refractivity contribution is 7.99. The summed E-state index contributed by atoms with van der Waals surface area (Å²) in [4.78, 5) is 27.5. The SMILES string of the molecule is NC(=O)c1ccc(NC(=O)CSc2n[nH]c(CC3CCCC3)n2)cc1. The van der Waals surface area contributed by atoms with Gasteiger partial charge < -0.3 is 11.1 Å². The Kier molecular flexibility index (Phi) is 5.70. The summed E-state index contributed by atoms with van der Waals surface area (Å²) in [5.74, 6) is 1.18. The molecule has 0 radical (unpaired) electrons. The van der Waals surface area contributed by atoms with Crippen LogP contribution in [0, 0.1) is 5.92 Å². The van der Waals surface area contributed by atoms with Crippen LogP contribution in [0.15, 0.2) is 29.4 Å². The molecular formula is C17H21N5O2S. The van der Waals surface area contributed by atoms with Crippen LogP contribution in [0.5, 0.6) is 0 Å². The predicted molar refractivity (Wildman–Crippen MR) is 96.4 cm³/mol. The van der Waals surface area contributed by atoms with Gasteiger partial charge in [-0.05, 0) is 30.2 Å². The van der Waals surface area contributed by atoms with Crippen LogP contribution in [0.4, 0.5) is 5.69 Å². The third-order valence-electron chi connectivity index (χ3n) is 4.25. The summed E-state index contributed by atoms with van der Waals surface area (Å²) >= 11 is 1.29. The van der Waals surface area contributed by atoms with E-state index in [1.54, 1.807) is 24.3 Å². The number of amides is 2. The molecule has 0 aliphatic heterocycles. The Balaban J connectivity index is 1.45. The van der Waals surface area contributed by atoms with Gasteiger partial charge in [0.05, 0.1) is 5.75 Å². The first kappa shape index (κ1) is 17.5. The molecule has 8 heteroatoms. The van der Waals surface area contributed by atoms with Crippen LogP contribution in [-0.2, 0) is 11.2 Å². The number of primary amides is 1. The third-order valence-corrected chi connectivity index (χ3v) is 5.10. The summed E-state index contributed by atoms with van der Waals surface area (Å²) in [5.41, 5.74) is 6.21. The first-order valence-corrected chi connectivity index (χ1v) is 9.32. The largest absolute Gasteiger partial charge is 0.366 e. The number of carbonyl (C=O) groups excluding carboxylic acids is 2. The van der Waals surface area contributed by atoms with E-state index in [2.05, 4.69) is 20.5 Å². The normalized spacial score (nSPS) is 14.6. The van der Waals surface area contributed by atoms with E-state index in [9.17, 15) is 9.59 Å². The number of rotatable bonds is 7. The first-order chi connectivity index (χ1) is 12.1. The van der Waals surface area contributed by atoms with E-state index in [0.717, 1.165) is 12.2 Å². The van der Waals surface area contributed by atoms with Crippen molar-refractivity contribution in [2.45, 2.75) is 37.3 Å². The minimum Gasteiger partial charge on any atom is -0.366 e. The highest BCUT2D eigenvalue weighted by atomic mass is 32.2. The van der Waals surface area contributed by atoms with Crippen LogP contribution in [0.1, 0.15) is 41.9 Å². The van der Waals surface area contributed by atoms with E-state index >= 15 is 0 Å². The molecule has 2 amide bonds. The van der Waals surface area contributed by atoms with Crippen molar-refractivity contribution in [1.82, 2.24) is 15.2 Å². The Morgan fingerprint density at radius 2 is 1.96 bits per heavy atom. The number of hydrogen-bond acceptors (Lipinski definition) is 5. The molecule has 0 saturated heterocycles. The molecule has 2 aromatic rings. The minimum absolute atomic E-state index is 0.154. The fourth-order valence-corrected chi connectivity index (χ4v) is 3.58. The number of hydrogen-bond donors (Lipinski definition) is 3. The summed E-state index contributed by atoms with van der Waals surface area (Å²) in [7, 11) is 0. The second-order valence-electron chi connectivity index (χ2n) is 6.20. The number of nitrogens with zero attached hydrogens (tertiary/aromatic N) is 2. The van der Waals surface area contributed by atoms with Crippen molar-refractivity contribution in [3.8, 4) is 0 Å². The highest BCUT2D eigenvalue weighted by Crippen LogP contribution is 2.27. The Bertz CT molecular complexity index is 738. The lowest BCUT2D eigenvalue weighted by Crippen LogP contribution is -2.15. The van der Waals surface area contributed by atoms with Gasteiger partial charge in [0.2, 0.25) is 17.0 Å². The van der Waals surface area contributed by atoms with Gasteiger partial charge in [0.15, 0.2) is 0 Å². The van der Waals surface area contributed by atoms with Crippen LogP contribution in [-0.4, -0.2) is 32.7 Å². The van der Waals surface area contributed by atoms with E-state index < -0.39 is 5.91 Å². The molecule has 4 N–H and O–H groups in total. The van der Waals surface area contributed by atoms with Crippen LogP contribution >= 0.6 is 11.8 Å². The van der Waals surface area contributed by atoms with Crippen LogP contribution in [0.2, 0.25) is 0 Å². The van der Waals surface area contributed by atoms with E-state index in [-0.39, 0.29) is 11.7 Å². The molecular weight excluding hydrogens is 338 g/mol. The van der Waals surface area contributed by atoms with Gasteiger partial charge in [-0.2, -0.15) is 0 Å². The molecule has 1 fully saturated rings. The molecule has 0 spiro atoms. The molecule has 0 atom stereocenters. The van der Waals surface area contributed by atoms with Crippen LogP contribution < -0.4 is 11.1 Å². The van der Waals surface area contributed by atoms with Gasteiger partial charge >= 0.3 is 0 Å². The van der Waals surface area contributed by atoms with E-state index in [1.165, 1.54) is 37.4 Å². The molecule has 0 bridgehead atoms. The topological polar surface area (TPSA) is 114 Å². The summed E-state index contributed by atoms with van der Waals surface area (Å²) in [6.07, 6.45) is 6.08. The van der Waals surface area contributed by atoms with Crippen LogP contribution in [0.25, 0.3) is 0 Å². The smallest absolute Gasteiger partial charge is 0.248 e. The van der Waals surface area contributed by atoms with Crippen molar-refractivity contribution in [3.63, 3.8) is 0 Å². The third kappa shape index (κ3) is 5.06. The zero-order valence-electron chi connectivity index (χ0n) is 13.8. The number of aromatic amines is 1. The molecule has 1 aliphatic rings. The lowest BCUT2D eigenvalue weighted by Gasteiger charge is -2.05. The maximum Gasteiger partial charge on any atom is 0.248 e. The van der Waals surface area contributed by atoms with E-state index in [1.807, 2.05) is 0 Å². The van der Waals surface area contributed by atoms with Gasteiger partial charge in [0, 0.05) is 17.7 Å². The maximum absolute atomic E-state index is 12.0. The quantitative estimate of drug-likeness (QED) is 0.657. The zero-order chi connectivity index (χ0) is 17.6. The molecule has 0 unspecified atom stereocenters. The number of benzene rings is 1. The molecule has 1 saturated carbocycles. The second-order valence-corrected chi connectivity index (χ2v) is 7.14. The van der Waals surface area contributed by atoms with Crippen molar-refractivity contribution in [2.75, 3.05) is 11.1 Å². The zero-order valence-corrected chi connectivity index (χ0v) is 14.6. The monoisotopic (exact) mass is 359 g/mol. The van der Waals surface area contributed by atoms with Crippen molar-refractivity contribution in [1.29, 1.82) is 0 Å². The Hall–Kier alpha value is -2.35. The molecule has 1 aromatic heterocycles. The van der Waals surface area contributed by atoms with E-state index in [4.69, 9.17) is 5.73 Å². The number of anilines is 1. The average Bonchev–Trinajstić information content (AvgIpc) is 3.26. The van der Waals surface area contributed by atoms with Gasteiger partial charge in [-0.3, -0.25) is 14.7 Å². The van der Waals surface area contributed by atoms with E-state index in [0.29, 0.717) is 22.3 Å². The lowest BCUT2D eigenvalue weighted by atomic mass is 10.0. The number of thioether (sulfide) groups is 1. The summed E-state index contributed by atoms with van der Waals surface area (Å²) in [6.45, 7) is 0. The average molecular weight is 359 g/mol. The summed E-state index contributed by atoms with van der Waals surface area (Å²) in [6, 6.07) is 6.45. The number of nitrogens with one attached hydrogen (secondary N) is 2. The van der Waals surface area contributed by atoms with Crippen molar-refractivity contribution < 1.29 is 9.59 Å². The van der Waals surface area contributed by atoms with Crippen molar-refractivity contribution in [3.05, 3.63) is 35.7 Å². The van der Waals surface area contributed by atoms with Gasteiger partial charge in [0.1, 0.15) is 5.82 Å². The highest BCUT2D eigenvalue weighted by Gasteiger charge is 2.17.